The van der Waals surface area contributed by atoms with Crippen LogP contribution in [0.5, 0.6) is 5.75 Å². The summed E-state index contributed by atoms with van der Waals surface area (Å²) in [5.41, 5.74) is 2.14. The second-order valence-corrected chi connectivity index (χ2v) is 8.20. The highest BCUT2D eigenvalue weighted by Crippen LogP contribution is 2.30. The Kier molecular flexibility index (Phi) is 7.70. The lowest BCUT2D eigenvalue weighted by Gasteiger charge is -2.29. The van der Waals surface area contributed by atoms with Gasteiger partial charge in [0, 0.05) is 17.6 Å². The highest BCUT2D eigenvalue weighted by Gasteiger charge is 2.31. The quantitative estimate of drug-likeness (QED) is 0.346. The summed E-state index contributed by atoms with van der Waals surface area (Å²) >= 11 is 0. The van der Waals surface area contributed by atoms with Crippen LogP contribution in [-0.4, -0.2) is 32.3 Å². The van der Waals surface area contributed by atoms with Gasteiger partial charge in [0.05, 0.1) is 13.2 Å². The molecule has 3 aromatic rings. The molecule has 4 nitrogen and oxygen atoms in total. The van der Waals surface area contributed by atoms with E-state index in [1.54, 1.807) is 30.3 Å². The lowest BCUT2D eigenvalue weighted by Crippen LogP contribution is -2.33. The number of alkyl halides is 3. The fraction of sp³-hybridized carbons (Fsp3) is 0.385. The van der Waals surface area contributed by atoms with Crippen molar-refractivity contribution in [1.29, 1.82) is 0 Å². The summed E-state index contributed by atoms with van der Waals surface area (Å²) in [5, 5.41) is 1.24. The predicted octanol–water partition coefficient (Wildman–Crippen LogP) is 6.50. The molecule has 8 heteroatoms. The van der Waals surface area contributed by atoms with E-state index >= 15 is 4.39 Å². The predicted molar refractivity (Wildman–Crippen MR) is 119 cm³/mol. The van der Waals surface area contributed by atoms with Gasteiger partial charge in [-0.05, 0) is 54.0 Å². The molecule has 0 aliphatic carbocycles. The van der Waals surface area contributed by atoms with E-state index in [0.29, 0.717) is 43.6 Å². The summed E-state index contributed by atoms with van der Waals surface area (Å²) in [6.45, 7) is 3.59. The van der Waals surface area contributed by atoms with Crippen LogP contribution in [-0.2, 0) is 27.1 Å². The molecule has 34 heavy (non-hydrogen) atoms. The molecule has 0 N–H and O–H groups in total. The Morgan fingerprint density at radius 2 is 1.68 bits per heavy atom. The standard InChI is InChI=1S/C26H26F4O4/c1-2-13-31-22-15-32-25(33-16-22)20-9-12-23-19(14-20)8-7-18(24(23)27)6-3-17-4-10-21(11-5-17)34-26(28,29)30/h4-5,7-12,14,22,25H,2-3,6,13,15-16H2,1H3. The fourth-order valence-electron chi connectivity index (χ4n) is 3.89. The average Bonchev–Trinajstić information content (AvgIpc) is 2.82. The van der Waals surface area contributed by atoms with Crippen molar-refractivity contribution in [2.45, 2.75) is 44.9 Å². The molecular weight excluding hydrogens is 452 g/mol. The summed E-state index contributed by atoms with van der Waals surface area (Å²) in [4.78, 5) is 0. The Hall–Kier alpha value is -2.68. The van der Waals surface area contributed by atoms with E-state index in [1.165, 1.54) is 12.1 Å². The number of fused-ring (bicyclic) bond motifs is 1. The molecule has 0 atom stereocenters. The van der Waals surface area contributed by atoms with E-state index in [9.17, 15) is 13.2 Å². The molecule has 0 saturated carbocycles. The third-order valence-electron chi connectivity index (χ3n) is 5.59. The molecule has 0 bridgehead atoms. The van der Waals surface area contributed by atoms with Crippen LogP contribution in [0.15, 0.2) is 54.6 Å². The Morgan fingerprint density at radius 1 is 0.941 bits per heavy atom. The van der Waals surface area contributed by atoms with E-state index in [0.717, 1.165) is 22.9 Å². The summed E-state index contributed by atoms with van der Waals surface area (Å²) in [7, 11) is 0. The van der Waals surface area contributed by atoms with Gasteiger partial charge < -0.3 is 18.9 Å². The fourth-order valence-corrected chi connectivity index (χ4v) is 3.89. The van der Waals surface area contributed by atoms with Crippen LogP contribution in [0.4, 0.5) is 17.6 Å². The van der Waals surface area contributed by atoms with Crippen LogP contribution < -0.4 is 4.74 Å². The third-order valence-corrected chi connectivity index (χ3v) is 5.59. The van der Waals surface area contributed by atoms with Crippen molar-refractivity contribution in [1.82, 2.24) is 0 Å². The zero-order valence-electron chi connectivity index (χ0n) is 18.7. The number of halogens is 4. The summed E-state index contributed by atoms with van der Waals surface area (Å²) in [6, 6.07) is 14.6. The number of hydrogen-bond donors (Lipinski definition) is 0. The molecule has 0 amide bonds. The molecule has 1 aliphatic rings. The maximum Gasteiger partial charge on any atom is 0.573 e. The number of ether oxygens (including phenoxy) is 4. The third kappa shape index (κ3) is 6.25. The first-order chi connectivity index (χ1) is 16.3. The largest absolute Gasteiger partial charge is 0.573 e. The number of aryl methyl sites for hydroxylation is 2. The molecule has 1 aliphatic heterocycles. The maximum absolute atomic E-state index is 15.1. The molecule has 0 spiro atoms. The first-order valence-corrected chi connectivity index (χ1v) is 11.2. The van der Waals surface area contributed by atoms with Crippen LogP contribution >= 0.6 is 0 Å². The van der Waals surface area contributed by atoms with Crippen LogP contribution in [0.1, 0.15) is 36.3 Å². The lowest BCUT2D eigenvalue weighted by atomic mass is 9.99. The van der Waals surface area contributed by atoms with Crippen molar-refractivity contribution in [3.05, 3.63) is 77.1 Å². The molecular formula is C26H26F4O4. The molecule has 3 aromatic carbocycles. The minimum atomic E-state index is -4.73. The second-order valence-electron chi connectivity index (χ2n) is 8.20. The average molecular weight is 478 g/mol. The van der Waals surface area contributed by atoms with Crippen molar-refractivity contribution in [3.8, 4) is 5.75 Å². The second kappa shape index (κ2) is 10.7. The minimum Gasteiger partial charge on any atom is -0.406 e. The molecule has 0 aromatic heterocycles. The zero-order valence-corrected chi connectivity index (χ0v) is 18.7. The first kappa shape index (κ1) is 24.4. The molecule has 1 fully saturated rings. The van der Waals surface area contributed by atoms with E-state index < -0.39 is 12.7 Å². The molecule has 4 rings (SSSR count). The van der Waals surface area contributed by atoms with E-state index in [-0.39, 0.29) is 17.7 Å². The van der Waals surface area contributed by atoms with Gasteiger partial charge >= 0.3 is 6.36 Å². The molecule has 1 heterocycles. The smallest absolute Gasteiger partial charge is 0.406 e. The van der Waals surface area contributed by atoms with Gasteiger partial charge in [-0.15, -0.1) is 13.2 Å². The molecule has 1 saturated heterocycles. The van der Waals surface area contributed by atoms with E-state index in [4.69, 9.17) is 14.2 Å². The van der Waals surface area contributed by atoms with Crippen molar-refractivity contribution >= 4 is 10.8 Å². The highest BCUT2D eigenvalue weighted by molar-refractivity contribution is 5.84. The summed E-state index contributed by atoms with van der Waals surface area (Å²) in [5.74, 6) is -0.585. The van der Waals surface area contributed by atoms with Crippen molar-refractivity contribution < 1.29 is 36.5 Å². The van der Waals surface area contributed by atoms with Gasteiger partial charge in [0.25, 0.3) is 0 Å². The van der Waals surface area contributed by atoms with Gasteiger partial charge in [0.1, 0.15) is 17.7 Å². The summed E-state index contributed by atoms with van der Waals surface area (Å²) in [6.07, 6.45) is -3.49. The number of benzene rings is 3. The van der Waals surface area contributed by atoms with Crippen LogP contribution in [0.3, 0.4) is 0 Å². The molecule has 0 unspecified atom stereocenters. The normalized spacial score (nSPS) is 18.9. The Labute approximate surface area is 195 Å². The van der Waals surface area contributed by atoms with Gasteiger partial charge in [-0.2, -0.15) is 0 Å². The topological polar surface area (TPSA) is 36.9 Å². The van der Waals surface area contributed by atoms with Crippen molar-refractivity contribution in [2.24, 2.45) is 0 Å². The zero-order chi connectivity index (χ0) is 24.1. The Balaban J connectivity index is 1.39. The maximum atomic E-state index is 15.1. The molecule has 0 radical (unpaired) electrons. The Morgan fingerprint density at radius 3 is 2.35 bits per heavy atom. The van der Waals surface area contributed by atoms with Crippen molar-refractivity contribution in [3.63, 3.8) is 0 Å². The van der Waals surface area contributed by atoms with Gasteiger partial charge in [-0.25, -0.2) is 4.39 Å². The van der Waals surface area contributed by atoms with Gasteiger partial charge in [0.2, 0.25) is 0 Å². The van der Waals surface area contributed by atoms with Gasteiger partial charge in [-0.1, -0.05) is 43.3 Å². The van der Waals surface area contributed by atoms with Gasteiger partial charge in [0.15, 0.2) is 6.29 Å². The monoisotopic (exact) mass is 478 g/mol. The van der Waals surface area contributed by atoms with Gasteiger partial charge in [-0.3, -0.25) is 0 Å². The van der Waals surface area contributed by atoms with E-state index in [2.05, 4.69) is 4.74 Å². The molecule has 182 valence electrons. The number of rotatable bonds is 8. The van der Waals surface area contributed by atoms with Crippen LogP contribution in [0.2, 0.25) is 0 Å². The Bertz CT molecular complexity index is 1090. The minimum absolute atomic E-state index is 0.0787. The van der Waals surface area contributed by atoms with Crippen LogP contribution in [0.25, 0.3) is 10.8 Å². The lowest BCUT2D eigenvalue weighted by molar-refractivity contribution is -0.274. The summed E-state index contributed by atoms with van der Waals surface area (Å²) < 4.78 is 73.1. The van der Waals surface area contributed by atoms with E-state index in [1.807, 2.05) is 19.1 Å². The first-order valence-electron chi connectivity index (χ1n) is 11.2. The highest BCUT2D eigenvalue weighted by atomic mass is 19.4. The van der Waals surface area contributed by atoms with Crippen LogP contribution in [0, 0.1) is 5.82 Å². The SMILES string of the molecule is CCCOC1COC(c2ccc3c(F)c(CCc4ccc(OC(F)(F)F)cc4)ccc3c2)OC1. The van der Waals surface area contributed by atoms with Crippen molar-refractivity contribution in [2.75, 3.05) is 19.8 Å². The number of hydrogen-bond acceptors (Lipinski definition) is 4.